The quantitative estimate of drug-likeness (QED) is 0.483. The van der Waals surface area contributed by atoms with Crippen molar-refractivity contribution in [1.29, 1.82) is 0 Å². The van der Waals surface area contributed by atoms with Gasteiger partial charge in [-0.3, -0.25) is 5.10 Å². The second-order valence-corrected chi connectivity index (χ2v) is 6.51. The summed E-state index contributed by atoms with van der Waals surface area (Å²) in [4.78, 5) is 0. The molecule has 2 N–H and O–H groups in total. The van der Waals surface area contributed by atoms with Gasteiger partial charge < -0.3 is 5.11 Å². The molecule has 1 aromatic heterocycles. The van der Waals surface area contributed by atoms with Crippen LogP contribution in [-0.2, 0) is 6.42 Å². The van der Waals surface area contributed by atoms with E-state index in [1.807, 2.05) is 18.2 Å². The largest absolute Gasteiger partial charge is 0.507 e. The molecular weight excluding hydrogens is 320 g/mol. The Morgan fingerprint density at radius 3 is 2.92 bits per heavy atom. The number of phenolic OH excluding ortho intramolecular Hbond substituents is 1. The van der Waals surface area contributed by atoms with E-state index in [1.54, 1.807) is 17.0 Å². The van der Waals surface area contributed by atoms with E-state index >= 15 is 0 Å². The molecule has 1 aliphatic carbocycles. The number of nitrogens with one attached hydrogen (secondary N) is 1. The standard InChI is InChI=1S/C18H22N4OS/c1-2-7-13-10-6-11-15(16(13)23)12-19-22-17(20-21-18(22)24)14-8-4-3-5-9-14/h2,6,10-12,14,23H,1,3-5,7-9H2,(H,21,24)/b19-12-. The number of hydrogen-bond donors (Lipinski definition) is 2. The molecule has 1 fully saturated rings. The minimum absolute atomic E-state index is 0.232. The van der Waals surface area contributed by atoms with Crippen molar-refractivity contribution in [3.63, 3.8) is 0 Å². The highest BCUT2D eigenvalue weighted by Crippen LogP contribution is 2.31. The molecule has 6 heteroatoms. The first kappa shape index (κ1) is 16.6. The van der Waals surface area contributed by atoms with Crippen molar-refractivity contribution in [1.82, 2.24) is 14.9 Å². The fourth-order valence-electron chi connectivity index (χ4n) is 3.20. The number of para-hydroxylation sites is 1. The van der Waals surface area contributed by atoms with Crippen molar-refractivity contribution in [2.45, 2.75) is 44.4 Å². The summed E-state index contributed by atoms with van der Waals surface area (Å²) < 4.78 is 2.17. The summed E-state index contributed by atoms with van der Waals surface area (Å²) in [7, 11) is 0. The third-order valence-electron chi connectivity index (χ3n) is 4.47. The summed E-state index contributed by atoms with van der Waals surface area (Å²) in [5.74, 6) is 1.51. The maximum atomic E-state index is 10.3. The van der Waals surface area contributed by atoms with Crippen molar-refractivity contribution < 1.29 is 5.11 Å². The molecule has 0 atom stereocenters. The third-order valence-corrected chi connectivity index (χ3v) is 4.74. The van der Waals surface area contributed by atoms with Crippen molar-refractivity contribution in [3.05, 3.63) is 52.6 Å². The van der Waals surface area contributed by atoms with Gasteiger partial charge in [-0.15, -0.1) is 6.58 Å². The predicted octanol–water partition coefficient (Wildman–Crippen LogP) is 4.30. The van der Waals surface area contributed by atoms with Gasteiger partial charge in [0.1, 0.15) is 5.75 Å². The van der Waals surface area contributed by atoms with Gasteiger partial charge in [-0.05, 0) is 43.1 Å². The van der Waals surface area contributed by atoms with Crippen molar-refractivity contribution >= 4 is 18.4 Å². The Balaban J connectivity index is 1.90. The fourth-order valence-corrected chi connectivity index (χ4v) is 3.38. The van der Waals surface area contributed by atoms with E-state index in [1.165, 1.54) is 19.3 Å². The zero-order chi connectivity index (χ0) is 16.9. The Labute approximate surface area is 146 Å². The van der Waals surface area contributed by atoms with Crippen LogP contribution in [0.5, 0.6) is 5.75 Å². The van der Waals surface area contributed by atoms with E-state index in [4.69, 9.17) is 12.2 Å². The van der Waals surface area contributed by atoms with Gasteiger partial charge in [-0.2, -0.15) is 14.9 Å². The number of aromatic amines is 1. The molecule has 2 aromatic rings. The average molecular weight is 342 g/mol. The number of phenols is 1. The van der Waals surface area contributed by atoms with Crippen LogP contribution in [0.1, 0.15) is 55.0 Å². The Morgan fingerprint density at radius 1 is 1.38 bits per heavy atom. The highest BCUT2D eigenvalue weighted by atomic mass is 32.1. The van der Waals surface area contributed by atoms with E-state index in [2.05, 4.69) is 21.9 Å². The van der Waals surface area contributed by atoms with E-state index in [0.29, 0.717) is 22.7 Å². The molecule has 0 radical (unpaired) electrons. The monoisotopic (exact) mass is 342 g/mol. The Hall–Kier alpha value is -2.21. The molecule has 0 bridgehead atoms. The number of rotatable bonds is 5. The molecule has 0 aliphatic heterocycles. The molecule has 5 nitrogen and oxygen atoms in total. The molecule has 126 valence electrons. The second-order valence-electron chi connectivity index (χ2n) is 6.13. The summed E-state index contributed by atoms with van der Waals surface area (Å²) in [6.07, 6.45) is 9.99. The highest BCUT2D eigenvalue weighted by Gasteiger charge is 2.21. The van der Waals surface area contributed by atoms with Gasteiger partial charge >= 0.3 is 0 Å². The molecule has 3 rings (SSSR count). The number of hydrogen-bond acceptors (Lipinski definition) is 4. The number of aromatic hydroxyl groups is 1. The molecule has 1 saturated carbocycles. The van der Waals surface area contributed by atoms with Gasteiger partial charge in [-0.25, -0.2) is 0 Å². The van der Waals surface area contributed by atoms with E-state index < -0.39 is 0 Å². The number of benzene rings is 1. The zero-order valence-corrected chi connectivity index (χ0v) is 14.4. The Morgan fingerprint density at radius 2 is 2.17 bits per heavy atom. The topological polar surface area (TPSA) is 66.2 Å². The number of H-pyrrole nitrogens is 1. The van der Waals surface area contributed by atoms with Crippen LogP contribution in [0.2, 0.25) is 0 Å². The lowest BCUT2D eigenvalue weighted by Gasteiger charge is -2.19. The van der Waals surface area contributed by atoms with Crippen LogP contribution in [-0.4, -0.2) is 26.2 Å². The Bertz CT molecular complexity index is 800. The van der Waals surface area contributed by atoms with Gasteiger partial charge in [0.15, 0.2) is 5.82 Å². The van der Waals surface area contributed by atoms with Crippen LogP contribution < -0.4 is 0 Å². The summed E-state index contributed by atoms with van der Waals surface area (Å²) >= 11 is 5.31. The normalized spacial score (nSPS) is 15.8. The number of aromatic nitrogens is 3. The minimum atomic E-state index is 0.232. The van der Waals surface area contributed by atoms with E-state index in [0.717, 1.165) is 24.2 Å². The van der Waals surface area contributed by atoms with Crippen LogP contribution in [0.3, 0.4) is 0 Å². The summed E-state index contributed by atoms with van der Waals surface area (Å²) in [6.45, 7) is 3.71. The first-order chi connectivity index (χ1) is 11.7. The molecule has 24 heavy (non-hydrogen) atoms. The number of nitrogens with zero attached hydrogens (tertiary/aromatic N) is 3. The maximum absolute atomic E-state index is 10.3. The highest BCUT2D eigenvalue weighted by molar-refractivity contribution is 7.71. The summed E-state index contributed by atoms with van der Waals surface area (Å²) in [5, 5.41) is 22.0. The van der Waals surface area contributed by atoms with E-state index in [9.17, 15) is 5.11 Å². The SMILES string of the molecule is C=CCc1cccc(/C=N\n2c(C3CCCCC3)n[nH]c2=S)c1O. The molecule has 1 heterocycles. The molecule has 0 amide bonds. The van der Waals surface area contributed by atoms with Crippen molar-refractivity contribution in [3.8, 4) is 5.75 Å². The molecule has 1 aliphatic rings. The first-order valence-electron chi connectivity index (χ1n) is 8.34. The van der Waals surface area contributed by atoms with Gasteiger partial charge in [0.2, 0.25) is 4.77 Å². The van der Waals surface area contributed by atoms with Gasteiger partial charge in [0, 0.05) is 11.5 Å². The van der Waals surface area contributed by atoms with Crippen molar-refractivity contribution in [2.24, 2.45) is 5.10 Å². The molecule has 0 spiro atoms. The summed E-state index contributed by atoms with van der Waals surface area (Å²) in [6, 6.07) is 5.61. The number of allylic oxidation sites excluding steroid dienone is 1. The van der Waals surface area contributed by atoms with Crippen LogP contribution >= 0.6 is 12.2 Å². The molecule has 0 saturated heterocycles. The van der Waals surface area contributed by atoms with Crippen LogP contribution in [0.25, 0.3) is 0 Å². The van der Waals surface area contributed by atoms with Gasteiger partial charge in [-0.1, -0.05) is 37.5 Å². The lowest BCUT2D eigenvalue weighted by Crippen LogP contribution is -2.10. The lowest BCUT2D eigenvalue weighted by atomic mass is 9.89. The molecular formula is C18H22N4OS. The van der Waals surface area contributed by atoms with Gasteiger partial charge in [0.05, 0.1) is 6.21 Å². The van der Waals surface area contributed by atoms with Gasteiger partial charge in [0.25, 0.3) is 0 Å². The second kappa shape index (κ2) is 7.57. The van der Waals surface area contributed by atoms with Crippen LogP contribution in [0.15, 0.2) is 36.0 Å². The van der Waals surface area contributed by atoms with Crippen LogP contribution in [0.4, 0.5) is 0 Å². The summed E-state index contributed by atoms with van der Waals surface area (Å²) in [5.41, 5.74) is 1.49. The molecule has 1 aromatic carbocycles. The van der Waals surface area contributed by atoms with E-state index in [-0.39, 0.29) is 5.75 Å². The average Bonchev–Trinajstić information content (AvgIpc) is 2.97. The van der Waals surface area contributed by atoms with Crippen molar-refractivity contribution in [2.75, 3.05) is 0 Å². The maximum Gasteiger partial charge on any atom is 0.216 e. The fraction of sp³-hybridized carbons (Fsp3) is 0.389. The van der Waals surface area contributed by atoms with Crippen LogP contribution in [0, 0.1) is 4.77 Å². The zero-order valence-electron chi connectivity index (χ0n) is 13.6. The molecule has 0 unspecified atom stereocenters. The predicted molar refractivity (Wildman–Crippen MR) is 98.2 cm³/mol. The lowest BCUT2D eigenvalue weighted by molar-refractivity contribution is 0.419. The first-order valence-corrected chi connectivity index (χ1v) is 8.75. The smallest absolute Gasteiger partial charge is 0.216 e. The Kier molecular flexibility index (Phi) is 5.25. The minimum Gasteiger partial charge on any atom is -0.507 e. The third kappa shape index (κ3) is 3.48.